The van der Waals surface area contributed by atoms with Crippen molar-refractivity contribution in [3.05, 3.63) is 35.2 Å². The molecule has 0 aliphatic rings. The lowest BCUT2D eigenvalue weighted by molar-refractivity contribution is 0.0528. The zero-order chi connectivity index (χ0) is 13.1. The number of hydrogen-bond donors (Lipinski definition) is 3. The van der Waals surface area contributed by atoms with Crippen LogP contribution in [0.25, 0.3) is 11.3 Å². The second-order valence-corrected chi connectivity index (χ2v) is 4.60. The summed E-state index contributed by atoms with van der Waals surface area (Å²) in [6.07, 6.45) is -2.63. The molecule has 6 heteroatoms. The Labute approximate surface area is 108 Å². The monoisotopic (exact) mass is 261 g/mol. The summed E-state index contributed by atoms with van der Waals surface area (Å²) < 4.78 is 0. The van der Waals surface area contributed by atoms with E-state index in [2.05, 4.69) is 4.98 Å². The molecule has 2 aromatic rings. The molecule has 92 valence electrons. The quantitative estimate of drug-likeness (QED) is 0.723. The van der Waals surface area contributed by atoms with Gasteiger partial charge in [-0.25, -0.2) is 4.98 Å². The van der Waals surface area contributed by atoms with E-state index in [0.717, 1.165) is 11.3 Å². The van der Waals surface area contributed by atoms with Crippen LogP contribution in [0.2, 0.25) is 0 Å². The number of aliphatic hydroxyl groups excluding tert-OH is 2. The summed E-state index contributed by atoms with van der Waals surface area (Å²) in [4.78, 5) is 4.14. The lowest BCUT2D eigenvalue weighted by Gasteiger charge is -2.12. The molecule has 0 fully saturated rings. The molecule has 0 saturated carbocycles. The molecule has 1 heterocycles. The van der Waals surface area contributed by atoms with E-state index >= 15 is 0 Å². The molecule has 0 bridgehead atoms. The van der Waals surface area contributed by atoms with E-state index in [-0.39, 0.29) is 0 Å². The molecule has 1 aromatic carbocycles. The average Bonchev–Trinajstić information content (AvgIpc) is 2.84. The Kier molecular flexibility index (Phi) is 3.58. The van der Waals surface area contributed by atoms with Crippen molar-refractivity contribution in [2.24, 2.45) is 0 Å². The number of anilines is 1. The number of nitrogens with two attached hydrogens (primary N) is 1. The van der Waals surface area contributed by atoms with Gasteiger partial charge < -0.3 is 15.9 Å². The van der Waals surface area contributed by atoms with Crippen LogP contribution < -0.4 is 5.73 Å². The van der Waals surface area contributed by atoms with Gasteiger partial charge in [0, 0.05) is 10.9 Å². The molecule has 0 amide bonds. The third-order valence-electron chi connectivity index (χ3n) is 2.50. The third kappa shape index (κ3) is 2.49. The van der Waals surface area contributed by atoms with E-state index in [1.807, 2.05) is 5.38 Å². The topological polar surface area (TPSA) is 103 Å². The molecule has 18 heavy (non-hydrogen) atoms. The number of nitriles is 1. The Morgan fingerprint density at radius 2 is 1.94 bits per heavy atom. The fraction of sp³-hybridized carbons (Fsp3) is 0.167. The summed E-state index contributed by atoms with van der Waals surface area (Å²) in [5.41, 5.74) is 7.66. The number of rotatable bonds is 3. The number of hydrogen-bond acceptors (Lipinski definition) is 6. The van der Waals surface area contributed by atoms with Gasteiger partial charge in [-0.05, 0) is 5.56 Å². The maximum absolute atomic E-state index is 9.65. The molecular weight excluding hydrogens is 250 g/mol. The standard InChI is InChI=1S/C12H11N3O2S/c13-5-10(16)11(17)8-3-1-7(2-4-8)9-6-18-12(14)15-9/h1-4,6,10-11,16-17H,(H2,14,15). The van der Waals surface area contributed by atoms with Gasteiger partial charge in [-0.15, -0.1) is 11.3 Å². The van der Waals surface area contributed by atoms with Gasteiger partial charge in [-0.3, -0.25) is 0 Å². The summed E-state index contributed by atoms with van der Waals surface area (Å²) in [5.74, 6) is 0. The van der Waals surface area contributed by atoms with E-state index in [0.29, 0.717) is 10.7 Å². The van der Waals surface area contributed by atoms with E-state index in [1.54, 1.807) is 30.3 Å². The highest BCUT2D eigenvalue weighted by molar-refractivity contribution is 7.13. The fourth-order valence-corrected chi connectivity index (χ4v) is 2.10. The molecule has 2 unspecified atom stereocenters. The minimum atomic E-state index is -1.43. The molecule has 0 aliphatic heterocycles. The van der Waals surface area contributed by atoms with E-state index in [4.69, 9.17) is 11.0 Å². The predicted molar refractivity (Wildman–Crippen MR) is 68.5 cm³/mol. The lowest BCUT2D eigenvalue weighted by atomic mass is 10.0. The fourth-order valence-electron chi connectivity index (χ4n) is 1.52. The molecule has 2 atom stereocenters. The average molecular weight is 261 g/mol. The van der Waals surface area contributed by atoms with E-state index in [1.165, 1.54) is 11.3 Å². The van der Waals surface area contributed by atoms with Crippen molar-refractivity contribution in [2.45, 2.75) is 12.2 Å². The van der Waals surface area contributed by atoms with Crippen LogP contribution in [0, 0.1) is 11.3 Å². The molecule has 0 spiro atoms. The van der Waals surface area contributed by atoms with E-state index < -0.39 is 12.2 Å². The van der Waals surface area contributed by atoms with Gasteiger partial charge in [0.2, 0.25) is 0 Å². The highest BCUT2D eigenvalue weighted by Gasteiger charge is 2.17. The van der Waals surface area contributed by atoms with Crippen LogP contribution in [-0.2, 0) is 0 Å². The highest BCUT2D eigenvalue weighted by atomic mass is 32.1. The summed E-state index contributed by atoms with van der Waals surface area (Å²) in [6.45, 7) is 0. The summed E-state index contributed by atoms with van der Waals surface area (Å²) in [5, 5.41) is 29.7. The number of aliphatic hydroxyl groups is 2. The number of benzene rings is 1. The summed E-state index contributed by atoms with van der Waals surface area (Å²) in [6, 6.07) is 8.41. The van der Waals surface area contributed by atoms with Gasteiger partial charge in [0.05, 0.1) is 11.8 Å². The second kappa shape index (κ2) is 5.14. The van der Waals surface area contributed by atoms with Crippen LogP contribution in [0.5, 0.6) is 0 Å². The van der Waals surface area contributed by atoms with Crippen LogP contribution in [0.1, 0.15) is 11.7 Å². The van der Waals surface area contributed by atoms with E-state index in [9.17, 15) is 10.2 Å². The normalized spacial score (nSPS) is 13.8. The predicted octanol–water partition coefficient (Wildman–Crippen LogP) is 1.31. The number of aromatic nitrogens is 1. The van der Waals surface area contributed by atoms with Crippen molar-refractivity contribution in [2.75, 3.05) is 5.73 Å². The van der Waals surface area contributed by atoms with Gasteiger partial charge >= 0.3 is 0 Å². The van der Waals surface area contributed by atoms with Gasteiger partial charge in [-0.1, -0.05) is 24.3 Å². The van der Waals surface area contributed by atoms with Crippen molar-refractivity contribution < 1.29 is 10.2 Å². The van der Waals surface area contributed by atoms with Gasteiger partial charge in [0.1, 0.15) is 6.10 Å². The minimum Gasteiger partial charge on any atom is -0.385 e. The van der Waals surface area contributed by atoms with Crippen molar-refractivity contribution in [1.82, 2.24) is 4.98 Å². The Morgan fingerprint density at radius 1 is 1.28 bits per heavy atom. The molecule has 0 radical (unpaired) electrons. The first kappa shape index (κ1) is 12.5. The SMILES string of the molecule is N#CC(O)C(O)c1ccc(-c2csc(N)n2)cc1. The number of nitrogens with zero attached hydrogens (tertiary/aromatic N) is 2. The number of nitrogen functional groups attached to an aromatic ring is 1. The van der Waals surface area contributed by atoms with Crippen LogP contribution in [0.15, 0.2) is 29.6 Å². The first-order valence-corrected chi connectivity index (χ1v) is 6.07. The van der Waals surface area contributed by atoms with Crippen molar-refractivity contribution in [1.29, 1.82) is 5.26 Å². The molecular formula is C12H11N3O2S. The van der Waals surface area contributed by atoms with Crippen molar-refractivity contribution in [3.8, 4) is 17.3 Å². The number of thiazole rings is 1. The Bertz CT molecular complexity index is 574. The van der Waals surface area contributed by atoms with Gasteiger partial charge in [0.25, 0.3) is 0 Å². The Hall–Kier alpha value is -1.94. The first-order chi connectivity index (χ1) is 8.61. The van der Waals surface area contributed by atoms with Gasteiger partial charge in [0.15, 0.2) is 11.2 Å². The minimum absolute atomic E-state index is 0.482. The maximum atomic E-state index is 9.65. The third-order valence-corrected chi connectivity index (χ3v) is 3.18. The molecule has 4 N–H and O–H groups in total. The highest BCUT2D eigenvalue weighted by Crippen LogP contribution is 2.25. The Balaban J connectivity index is 2.23. The van der Waals surface area contributed by atoms with Crippen molar-refractivity contribution >= 4 is 16.5 Å². The van der Waals surface area contributed by atoms with Crippen LogP contribution in [-0.4, -0.2) is 21.3 Å². The zero-order valence-electron chi connectivity index (χ0n) is 9.32. The molecule has 2 rings (SSSR count). The largest absolute Gasteiger partial charge is 0.385 e. The maximum Gasteiger partial charge on any atom is 0.180 e. The van der Waals surface area contributed by atoms with Gasteiger partial charge in [-0.2, -0.15) is 5.26 Å². The van der Waals surface area contributed by atoms with Crippen LogP contribution >= 0.6 is 11.3 Å². The first-order valence-electron chi connectivity index (χ1n) is 5.19. The van der Waals surface area contributed by atoms with Crippen LogP contribution in [0.4, 0.5) is 5.13 Å². The summed E-state index contributed by atoms with van der Waals surface area (Å²) in [7, 11) is 0. The lowest BCUT2D eigenvalue weighted by Crippen LogP contribution is -2.15. The molecule has 5 nitrogen and oxygen atoms in total. The second-order valence-electron chi connectivity index (χ2n) is 3.71. The Morgan fingerprint density at radius 3 is 2.44 bits per heavy atom. The molecule has 1 aromatic heterocycles. The molecule has 0 saturated heterocycles. The summed E-state index contributed by atoms with van der Waals surface area (Å²) >= 11 is 1.35. The zero-order valence-corrected chi connectivity index (χ0v) is 10.1. The molecule has 0 aliphatic carbocycles. The van der Waals surface area contributed by atoms with Crippen molar-refractivity contribution in [3.63, 3.8) is 0 Å². The van der Waals surface area contributed by atoms with Crippen LogP contribution in [0.3, 0.4) is 0 Å². The smallest absolute Gasteiger partial charge is 0.180 e.